The first-order valence-corrected chi connectivity index (χ1v) is 14.7. The Kier molecular flexibility index (Phi) is 9.57. The van der Waals surface area contributed by atoms with Crippen LogP contribution in [0.3, 0.4) is 0 Å². The predicted molar refractivity (Wildman–Crippen MR) is 136 cm³/mol. The quantitative estimate of drug-likeness (QED) is 0.354. The molecule has 0 bridgehead atoms. The molecule has 8 nitrogen and oxygen atoms in total. The van der Waals surface area contributed by atoms with Gasteiger partial charge in [-0.3, -0.25) is 9.59 Å². The Balaban J connectivity index is 2.16. The van der Waals surface area contributed by atoms with Gasteiger partial charge in [0.25, 0.3) is 11.8 Å². The van der Waals surface area contributed by atoms with E-state index in [2.05, 4.69) is 10.6 Å². The summed E-state index contributed by atoms with van der Waals surface area (Å²) in [5, 5.41) is 9.31. The number of hydrogen-bond donors (Lipinski definition) is 2. The molecule has 2 aromatic rings. The summed E-state index contributed by atoms with van der Waals surface area (Å²) in [6, 6.07) is 0. The maximum atomic E-state index is 13.0. The first-order valence-electron chi connectivity index (χ1n) is 10.4. The first-order chi connectivity index (χ1) is 15.6. The van der Waals surface area contributed by atoms with Gasteiger partial charge in [0.2, 0.25) is 0 Å². The summed E-state index contributed by atoms with van der Waals surface area (Å²) >= 11 is 2.44. The molecule has 2 rings (SSSR count). The molecular weight excluding hydrogens is 483 g/mol. The van der Waals surface area contributed by atoms with Crippen molar-refractivity contribution in [3.63, 3.8) is 0 Å². The van der Waals surface area contributed by atoms with Gasteiger partial charge in [-0.1, -0.05) is 0 Å². The van der Waals surface area contributed by atoms with E-state index in [0.717, 1.165) is 11.1 Å². The van der Waals surface area contributed by atoms with Gasteiger partial charge in [-0.25, -0.2) is 9.59 Å². The molecule has 2 aromatic heterocycles. The molecule has 0 saturated heterocycles. The van der Waals surface area contributed by atoms with Gasteiger partial charge >= 0.3 is 11.9 Å². The van der Waals surface area contributed by atoms with Crippen molar-refractivity contribution < 1.29 is 28.7 Å². The summed E-state index contributed by atoms with van der Waals surface area (Å²) in [5.74, 6) is -1.45. The van der Waals surface area contributed by atoms with Crippen LogP contribution in [-0.2, 0) is 19.1 Å². The molecule has 0 atom stereocenters. The number of rotatable bonds is 10. The van der Waals surface area contributed by atoms with Gasteiger partial charge in [0.1, 0.15) is 22.1 Å². The zero-order chi connectivity index (χ0) is 24.8. The minimum absolute atomic E-state index is 0.218. The van der Waals surface area contributed by atoms with Crippen LogP contribution in [0, 0.1) is 13.8 Å². The third-order valence-electron chi connectivity index (χ3n) is 5.52. The summed E-state index contributed by atoms with van der Waals surface area (Å²) in [6.45, 7) is 7.61. The molecule has 11 heteroatoms. The Morgan fingerprint density at radius 2 is 1.15 bits per heavy atom. The number of aryl methyl sites for hydroxylation is 2. The van der Waals surface area contributed by atoms with Crippen LogP contribution in [0.25, 0.3) is 0 Å². The van der Waals surface area contributed by atoms with E-state index in [1.165, 1.54) is 36.9 Å². The normalized spacial score (nSPS) is 11.1. The van der Waals surface area contributed by atoms with Crippen molar-refractivity contribution in [2.24, 2.45) is 0 Å². The average molecular weight is 514 g/mol. The Bertz CT molecular complexity index is 964. The molecule has 0 fully saturated rings. The molecule has 2 heterocycles. The monoisotopic (exact) mass is 513 g/mol. The zero-order valence-corrected chi connectivity index (χ0v) is 22.2. The van der Waals surface area contributed by atoms with Crippen LogP contribution in [-0.4, -0.2) is 62.6 Å². The van der Waals surface area contributed by atoms with Gasteiger partial charge in [-0.15, -0.1) is 22.7 Å². The summed E-state index contributed by atoms with van der Waals surface area (Å²) in [5.41, 5.74) is 2.49. The number of methoxy groups -OCH3 is 2. The molecule has 33 heavy (non-hydrogen) atoms. The number of thiophene rings is 2. The maximum Gasteiger partial charge on any atom is 0.350 e. The minimum Gasteiger partial charge on any atom is -0.465 e. The molecule has 0 radical (unpaired) electrons. The van der Waals surface area contributed by atoms with Crippen LogP contribution in [0.2, 0.25) is 0 Å². The van der Waals surface area contributed by atoms with E-state index in [1.54, 1.807) is 10.8 Å². The van der Waals surface area contributed by atoms with Gasteiger partial charge in [0.15, 0.2) is 0 Å². The zero-order valence-electron chi connectivity index (χ0n) is 19.7. The van der Waals surface area contributed by atoms with E-state index >= 15 is 0 Å². The second-order valence-corrected chi connectivity index (χ2v) is 14.0. The molecule has 0 unspecified atom stereocenters. The van der Waals surface area contributed by atoms with Crippen LogP contribution in [0.4, 0.5) is 11.4 Å². The van der Waals surface area contributed by atoms with Gasteiger partial charge in [-0.05, 0) is 49.6 Å². The number of anilines is 2. The smallest absolute Gasteiger partial charge is 0.350 e. The number of nitrogens with one attached hydrogen (secondary N) is 2. The fraction of sp³-hybridized carbons (Fsp3) is 0.455. The number of carbonyl (C=O) groups excluding carboxylic acids is 4. The molecule has 0 aliphatic rings. The maximum absolute atomic E-state index is 13.0. The summed E-state index contributed by atoms with van der Waals surface area (Å²) < 4.78 is 9.61. The van der Waals surface area contributed by atoms with E-state index in [4.69, 9.17) is 9.47 Å². The van der Waals surface area contributed by atoms with Crippen molar-refractivity contribution in [3.8, 4) is 0 Å². The Labute approximate surface area is 202 Å². The van der Waals surface area contributed by atoms with E-state index in [0.29, 0.717) is 33.5 Å². The number of amides is 2. The molecule has 2 N–H and O–H groups in total. The van der Waals surface area contributed by atoms with Crippen molar-refractivity contribution in [2.75, 3.05) is 49.5 Å². The lowest BCUT2D eigenvalue weighted by molar-refractivity contribution is -0.114. The van der Waals surface area contributed by atoms with Crippen LogP contribution in [0.15, 0.2) is 10.8 Å². The third kappa shape index (κ3) is 6.40. The van der Waals surface area contributed by atoms with Crippen molar-refractivity contribution in [1.82, 2.24) is 0 Å². The number of ether oxygens (including phenoxy) is 2. The standard InChI is InChI=1S/C22H29N2O6PS2/c1-7-31(8-2,9-15(25)23-17-13(3)11-32-19(17)21(27)29-5)10-16(26)24-18-14(4)12-33-20(18)22(28)30-6/h11-12H,7-10H2,1-6H3,(H-,23,24,25,26,27,28)/p+1. The second-order valence-electron chi connectivity index (χ2n) is 7.62. The van der Waals surface area contributed by atoms with Crippen LogP contribution >= 0.6 is 29.9 Å². The highest BCUT2D eigenvalue weighted by molar-refractivity contribution is 7.77. The number of hydrogen-bond acceptors (Lipinski definition) is 8. The summed E-state index contributed by atoms with van der Waals surface area (Å²) in [6.07, 6.45) is 1.86. The summed E-state index contributed by atoms with van der Waals surface area (Å²) in [4.78, 5) is 50.7. The van der Waals surface area contributed by atoms with Gasteiger partial charge < -0.3 is 20.1 Å². The minimum atomic E-state index is -1.98. The van der Waals surface area contributed by atoms with E-state index < -0.39 is 19.2 Å². The highest BCUT2D eigenvalue weighted by Gasteiger charge is 2.39. The van der Waals surface area contributed by atoms with Crippen LogP contribution in [0.1, 0.15) is 44.3 Å². The molecule has 0 spiro atoms. The molecule has 180 valence electrons. The van der Waals surface area contributed by atoms with Crippen LogP contribution < -0.4 is 10.6 Å². The van der Waals surface area contributed by atoms with Crippen molar-refractivity contribution in [2.45, 2.75) is 27.7 Å². The largest absolute Gasteiger partial charge is 0.465 e. The fourth-order valence-electron chi connectivity index (χ4n) is 3.38. The first kappa shape index (κ1) is 27.0. The Morgan fingerprint density at radius 1 is 0.788 bits per heavy atom. The molecule has 0 aliphatic heterocycles. The van der Waals surface area contributed by atoms with Crippen molar-refractivity contribution in [1.29, 1.82) is 0 Å². The van der Waals surface area contributed by atoms with Gasteiger partial charge in [0.05, 0.1) is 37.9 Å². The molecule has 0 saturated carbocycles. The average Bonchev–Trinajstić information content (AvgIpc) is 3.34. The van der Waals surface area contributed by atoms with E-state index in [9.17, 15) is 19.2 Å². The molecular formula is C22H30N2O6PS2+. The molecule has 0 aliphatic carbocycles. The molecule has 0 aromatic carbocycles. The van der Waals surface area contributed by atoms with Crippen molar-refractivity contribution in [3.05, 3.63) is 31.6 Å². The number of carbonyl (C=O) groups is 4. The summed E-state index contributed by atoms with van der Waals surface area (Å²) in [7, 11) is 0.619. The van der Waals surface area contributed by atoms with Gasteiger partial charge in [0, 0.05) is 7.26 Å². The Hall–Kier alpha value is -2.29. The SMILES string of the molecule is CC[P+](CC)(CC(=O)Nc1c(C)csc1C(=O)OC)CC(=O)Nc1c(C)csc1C(=O)OC. The highest BCUT2D eigenvalue weighted by atomic mass is 32.1. The molecule has 2 amide bonds. The van der Waals surface area contributed by atoms with Crippen LogP contribution in [0.5, 0.6) is 0 Å². The van der Waals surface area contributed by atoms with Gasteiger partial charge in [-0.2, -0.15) is 0 Å². The fourth-order valence-corrected chi connectivity index (χ4v) is 8.05. The predicted octanol–water partition coefficient (Wildman–Crippen LogP) is 4.63. The second kappa shape index (κ2) is 11.7. The lowest BCUT2D eigenvalue weighted by Crippen LogP contribution is -2.28. The topological polar surface area (TPSA) is 111 Å². The third-order valence-corrected chi connectivity index (χ3v) is 12.3. The Morgan fingerprint density at radius 3 is 1.45 bits per heavy atom. The highest BCUT2D eigenvalue weighted by Crippen LogP contribution is 2.58. The number of esters is 2. The lowest BCUT2D eigenvalue weighted by Gasteiger charge is -2.24. The van der Waals surface area contributed by atoms with E-state index in [-0.39, 0.29) is 24.1 Å². The van der Waals surface area contributed by atoms with E-state index in [1.807, 2.05) is 27.7 Å². The van der Waals surface area contributed by atoms with Crippen molar-refractivity contribution >= 4 is 65.1 Å². The lowest BCUT2D eigenvalue weighted by atomic mass is 10.2.